The number of nitrogens with one attached hydrogen (secondary N) is 1. The van der Waals surface area contributed by atoms with Crippen molar-refractivity contribution in [1.29, 1.82) is 0 Å². The lowest BCUT2D eigenvalue weighted by atomic mass is 9.94. The van der Waals surface area contributed by atoms with Crippen LogP contribution in [-0.2, 0) is 17.5 Å². The molecular weight excluding hydrogens is 459 g/mol. The summed E-state index contributed by atoms with van der Waals surface area (Å²) < 4.78 is 47.0. The van der Waals surface area contributed by atoms with Crippen LogP contribution in [0.3, 0.4) is 0 Å². The van der Waals surface area contributed by atoms with Gasteiger partial charge in [-0.05, 0) is 48.2 Å². The average Bonchev–Trinajstić information content (AvgIpc) is 3.32. The maximum absolute atomic E-state index is 13.9. The summed E-state index contributed by atoms with van der Waals surface area (Å²) in [7, 11) is 0. The van der Waals surface area contributed by atoms with E-state index < -0.39 is 23.8 Å². The molecule has 0 fully saturated rings. The molecule has 2 N–H and O–H groups in total. The number of aryl methyl sites for hydroxylation is 1. The third-order valence-corrected chi connectivity index (χ3v) is 5.63. The van der Waals surface area contributed by atoms with Gasteiger partial charge in [0.15, 0.2) is 0 Å². The Morgan fingerprint density at radius 3 is 2.37 bits per heavy atom. The monoisotopic (exact) mass is 481 g/mol. The number of carboxylic acids is 1. The molecule has 1 aromatic heterocycles. The van der Waals surface area contributed by atoms with Gasteiger partial charge in [-0.15, -0.1) is 0 Å². The smallest absolute Gasteiger partial charge is 0.417 e. The van der Waals surface area contributed by atoms with Crippen LogP contribution in [-0.4, -0.2) is 27.3 Å². The van der Waals surface area contributed by atoms with Crippen molar-refractivity contribution in [3.63, 3.8) is 0 Å². The summed E-state index contributed by atoms with van der Waals surface area (Å²) in [5.74, 6) is -0.737. The second kappa shape index (κ2) is 9.71. The highest BCUT2D eigenvalue weighted by atomic mass is 19.4. The summed E-state index contributed by atoms with van der Waals surface area (Å²) in [6.45, 7) is 3.68. The molecule has 9 heteroatoms. The first-order chi connectivity index (χ1) is 16.6. The molecule has 0 radical (unpaired) electrons. The van der Waals surface area contributed by atoms with E-state index in [0.29, 0.717) is 17.7 Å². The Morgan fingerprint density at radius 2 is 1.71 bits per heavy atom. The predicted molar refractivity (Wildman–Crippen MR) is 124 cm³/mol. The van der Waals surface area contributed by atoms with Crippen LogP contribution in [0.5, 0.6) is 0 Å². The van der Waals surface area contributed by atoms with Crippen LogP contribution in [0.2, 0.25) is 0 Å². The molecule has 4 aromatic rings. The lowest BCUT2D eigenvalue weighted by molar-refractivity contribution is -0.139. The van der Waals surface area contributed by atoms with Gasteiger partial charge in [0.2, 0.25) is 5.82 Å². The Bertz CT molecular complexity index is 1350. The maximum Gasteiger partial charge on any atom is 0.417 e. The molecule has 0 aliphatic carbocycles. The number of carbonyl (C=O) groups is 1. The predicted octanol–water partition coefficient (Wildman–Crippen LogP) is 5.96. The minimum atomic E-state index is -4.57. The van der Waals surface area contributed by atoms with Gasteiger partial charge in [0.1, 0.15) is 6.04 Å². The number of nitrogens with zero attached hydrogens (tertiary/aromatic N) is 2. The number of hydrogen-bond donors (Lipinski definition) is 2. The number of halogens is 3. The number of aliphatic carboxylic acids is 1. The van der Waals surface area contributed by atoms with Gasteiger partial charge in [-0.2, -0.15) is 18.2 Å². The first-order valence-corrected chi connectivity index (χ1v) is 10.8. The zero-order valence-corrected chi connectivity index (χ0v) is 18.9. The molecule has 35 heavy (non-hydrogen) atoms. The van der Waals surface area contributed by atoms with E-state index in [1.54, 1.807) is 62.4 Å². The van der Waals surface area contributed by atoms with E-state index in [-0.39, 0.29) is 22.8 Å². The zero-order valence-electron chi connectivity index (χ0n) is 18.9. The molecular formula is C26H22F3N3O3. The van der Waals surface area contributed by atoms with E-state index in [0.717, 1.165) is 17.2 Å². The van der Waals surface area contributed by atoms with Gasteiger partial charge in [-0.25, -0.2) is 0 Å². The highest BCUT2D eigenvalue weighted by molar-refractivity contribution is 5.75. The van der Waals surface area contributed by atoms with Crippen LogP contribution < -0.4 is 5.32 Å². The first kappa shape index (κ1) is 24.2. The molecule has 4 rings (SSSR count). The second-order valence-corrected chi connectivity index (χ2v) is 8.13. The summed E-state index contributed by atoms with van der Waals surface area (Å²) in [4.78, 5) is 15.2. The maximum atomic E-state index is 13.9. The summed E-state index contributed by atoms with van der Waals surface area (Å²) in [6.07, 6.45) is -4.57. The molecule has 0 spiro atoms. The summed E-state index contributed by atoms with van der Waals surface area (Å²) in [6, 6.07) is 17.2. The van der Waals surface area contributed by atoms with Crippen LogP contribution in [0.1, 0.15) is 23.6 Å². The molecule has 180 valence electrons. The number of benzene rings is 3. The fourth-order valence-corrected chi connectivity index (χ4v) is 3.61. The molecule has 0 saturated heterocycles. The highest BCUT2D eigenvalue weighted by Gasteiger charge is 2.34. The molecule has 3 aromatic carbocycles. The lowest BCUT2D eigenvalue weighted by Gasteiger charge is -2.15. The van der Waals surface area contributed by atoms with E-state index in [1.807, 2.05) is 0 Å². The quantitative estimate of drug-likeness (QED) is 0.339. The number of aromatic nitrogens is 2. The highest BCUT2D eigenvalue weighted by Crippen LogP contribution is 2.40. The van der Waals surface area contributed by atoms with Crippen LogP contribution >= 0.6 is 0 Å². The average molecular weight is 481 g/mol. The minimum Gasteiger partial charge on any atom is -0.480 e. The summed E-state index contributed by atoms with van der Waals surface area (Å²) in [5.41, 5.74) is 2.18. The van der Waals surface area contributed by atoms with Crippen LogP contribution in [0.4, 0.5) is 13.2 Å². The van der Waals surface area contributed by atoms with E-state index in [2.05, 4.69) is 15.5 Å². The van der Waals surface area contributed by atoms with Crippen molar-refractivity contribution in [2.45, 2.75) is 32.6 Å². The summed E-state index contributed by atoms with van der Waals surface area (Å²) >= 11 is 0. The van der Waals surface area contributed by atoms with E-state index in [9.17, 15) is 18.0 Å². The molecule has 1 heterocycles. The van der Waals surface area contributed by atoms with E-state index >= 15 is 0 Å². The molecule has 0 saturated carbocycles. The Morgan fingerprint density at radius 1 is 1.03 bits per heavy atom. The summed E-state index contributed by atoms with van der Waals surface area (Å²) in [5, 5.41) is 15.7. The van der Waals surface area contributed by atoms with Crippen molar-refractivity contribution >= 4 is 5.97 Å². The SMILES string of the molecule is Cc1ccccc1-c1ccc(-c2nc(-c3ccc(CNC(C)C(=O)O)cc3)no2)cc1C(F)(F)F. The molecule has 6 nitrogen and oxygen atoms in total. The topological polar surface area (TPSA) is 88.2 Å². The first-order valence-electron chi connectivity index (χ1n) is 10.8. The van der Waals surface area contributed by atoms with E-state index in [4.69, 9.17) is 9.63 Å². The van der Waals surface area contributed by atoms with Crippen molar-refractivity contribution in [2.24, 2.45) is 0 Å². The minimum absolute atomic E-state index is 0.0251. The molecule has 0 aliphatic heterocycles. The molecule has 1 atom stereocenters. The van der Waals surface area contributed by atoms with Gasteiger partial charge in [0.05, 0.1) is 5.56 Å². The zero-order chi connectivity index (χ0) is 25.2. The van der Waals surface area contributed by atoms with Crippen molar-refractivity contribution in [2.75, 3.05) is 0 Å². The van der Waals surface area contributed by atoms with Gasteiger partial charge in [0.25, 0.3) is 5.89 Å². The van der Waals surface area contributed by atoms with Crippen LogP contribution in [0.25, 0.3) is 34.0 Å². The standard InChI is InChI=1S/C26H22F3N3O3/c1-15-5-3-4-6-20(15)21-12-11-19(13-22(21)26(27,28)29)24-31-23(32-35-24)18-9-7-17(8-10-18)14-30-16(2)25(33)34/h3-13,16,30H,14H2,1-2H3,(H,33,34). The second-order valence-electron chi connectivity index (χ2n) is 8.13. The van der Waals surface area contributed by atoms with Gasteiger partial charge in [-0.1, -0.05) is 59.8 Å². The van der Waals surface area contributed by atoms with Gasteiger partial charge < -0.3 is 14.9 Å². The third-order valence-electron chi connectivity index (χ3n) is 5.63. The molecule has 0 aliphatic rings. The Hall–Kier alpha value is -3.98. The van der Waals surface area contributed by atoms with Gasteiger partial charge in [-0.3, -0.25) is 4.79 Å². The third kappa shape index (κ3) is 5.41. The Balaban J connectivity index is 1.60. The Kier molecular flexibility index (Phi) is 6.70. The van der Waals surface area contributed by atoms with Gasteiger partial charge >= 0.3 is 12.1 Å². The fraction of sp³-hybridized carbons (Fsp3) is 0.192. The van der Waals surface area contributed by atoms with E-state index in [1.165, 1.54) is 12.1 Å². The number of alkyl halides is 3. The number of rotatable bonds is 7. The Labute approximate surface area is 199 Å². The van der Waals surface area contributed by atoms with Crippen LogP contribution in [0, 0.1) is 6.92 Å². The van der Waals surface area contributed by atoms with Crippen molar-refractivity contribution in [3.8, 4) is 34.0 Å². The normalized spacial score (nSPS) is 12.5. The van der Waals surface area contributed by atoms with Gasteiger partial charge in [0, 0.05) is 17.7 Å². The van der Waals surface area contributed by atoms with Crippen molar-refractivity contribution in [1.82, 2.24) is 15.5 Å². The fourth-order valence-electron chi connectivity index (χ4n) is 3.61. The largest absolute Gasteiger partial charge is 0.480 e. The molecule has 1 unspecified atom stereocenters. The molecule has 0 bridgehead atoms. The number of carboxylic acid groups (broad SMARTS) is 1. The number of hydrogen-bond acceptors (Lipinski definition) is 5. The lowest BCUT2D eigenvalue weighted by Crippen LogP contribution is -2.33. The molecule has 0 amide bonds. The van der Waals surface area contributed by atoms with Crippen molar-refractivity contribution < 1.29 is 27.6 Å². The van der Waals surface area contributed by atoms with Crippen molar-refractivity contribution in [3.05, 3.63) is 83.4 Å². The van der Waals surface area contributed by atoms with Crippen LogP contribution in [0.15, 0.2) is 71.3 Å².